The van der Waals surface area contributed by atoms with Gasteiger partial charge in [-0.3, -0.25) is 9.48 Å². The maximum atomic E-state index is 12.9. The molecule has 0 fully saturated rings. The smallest absolute Gasteiger partial charge is 0.248 e. The lowest BCUT2D eigenvalue weighted by atomic mass is 10.3. The molecule has 0 aliphatic carbocycles. The molecule has 0 aliphatic rings. The molecule has 2 rings (SSSR count). The van der Waals surface area contributed by atoms with E-state index in [2.05, 4.69) is 5.10 Å². The number of rotatable bonds is 3. The van der Waals surface area contributed by atoms with Crippen molar-refractivity contribution in [2.24, 2.45) is 0 Å². The summed E-state index contributed by atoms with van der Waals surface area (Å²) in [6.45, 7) is 3.71. The first-order chi connectivity index (χ1) is 9.40. The van der Waals surface area contributed by atoms with Crippen molar-refractivity contribution >= 4 is 17.3 Å². The molecule has 1 aromatic heterocycles. The van der Waals surface area contributed by atoms with E-state index in [-0.39, 0.29) is 18.3 Å². The van der Waals surface area contributed by atoms with Gasteiger partial charge in [-0.05, 0) is 38.1 Å². The van der Waals surface area contributed by atoms with Gasteiger partial charge in [-0.15, -0.1) is 0 Å². The van der Waals surface area contributed by atoms with Crippen molar-refractivity contribution in [2.45, 2.75) is 20.4 Å². The molecule has 1 amide bonds. The average Bonchev–Trinajstić information content (AvgIpc) is 2.66. The van der Waals surface area contributed by atoms with Gasteiger partial charge in [0.2, 0.25) is 5.91 Å². The van der Waals surface area contributed by atoms with Crippen LogP contribution in [0, 0.1) is 19.7 Å². The van der Waals surface area contributed by atoms with Crippen molar-refractivity contribution in [2.75, 3.05) is 17.7 Å². The summed E-state index contributed by atoms with van der Waals surface area (Å²) in [5.41, 5.74) is 8.54. The minimum Gasteiger partial charge on any atom is -0.396 e. The van der Waals surface area contributed by atoms with E-state index in [9.17, 15) is 9.18 Å². The number of aromatic nitrogens is 2. The van der Waals surface area contributed by atoms with E-state index in [0.29, 0.717) is 17.1 Å². The number of halogens is 1. The lowest BCUT2D eigenvalue weighted by Crippen LogP contribution is -2.30. The molecule has 0 radical (unpaired) electrons. The molecule has 1 heterocycles. The third-order valence-corrected chi connectivity index (χ3v) is 3.31. The van der Waals surface area contributed by atoms with E-state index in [1.165, 1.54) is 17.0 Å². The van der Waals surface area contributed by atoms with Gasteiger partial charge in [0, 0.05) is 12.7 Å². The number of hydrogen-bond donors (Lipinski definition) is 1. The second kappa shape index (κ2) is 5.32. The van der Waals surface area contributed by atoms with Crippen LogP contribution in [0.25, 0.3) is 0 Å². The summed E-state index contributed by atoms with van der Waals surface area (Å²) >= 11 is 0. The Balaban J connectivity index is 2.15. The van der Waals surface area contributed by atoms with Crippen LogP contribution in [0.4, 0.5) is 15.8 Å². The van der Waals surface area contributed by atoms with E-state index in [1.807, 2.05) is 6.92 Å². The number of likely N-dealkylation sites (N-methyl/N-ethyl adjacent to an activating group) is 1. The van der Waals surface area contributed by atoms with Crippen LogP contribution in [0.15, 0.2) is 24.3 Å². The van der Waals surface area contributed by atoms with E-state index in [4.69, 9.17) is 5.73 Å². The normalized spacial score (nSPS) is 10.6. The first-order valence-corrected chi connectivity index (χ1v) is 6.21. The Morgan fingerprint density at radius 2 is 1.95 bits per heavy atom. The molecular weight excluding hydrogens is 259 g/mol. The Kier molecular flexibility index (Phi) is 3.74. The van der Waals surface area contributed by atoms with Crippen molar-refractivity contribution < 1.29 is 9.18 Å². The van der Waals surface area contributed by atoms with E-state index < -0.39 is 0 Å². The molecule has 2 aromatic rings. The van der Waals surface area contributed by atoms with Gasteiger partial charge < -0.3 is 10.6 Å². The maximum absolute atomic E-state index is 12.9. The number of anilines is 2. The summed E-state index contributed by atoms with van der Waals surface area (Å²) in [6, 6.07) is 5.76. The van der Waals surface area contributed by atoms with Crippen LogP contribution in [0.5, 0.6) is 0 Å². The van der Waals surface area contributed by atoms with E-state index in [1.54, 1.807) is 30.8 Å². The molecule has 6 heteroatoms. The number of carbonyl (C=O) groups excluding carboxylic acids is 1. The number of nitrogen functional groups attached to an aromatic ring is 1. The number of aryl methyl sites for hydroxylation is 1. The van der Waals surface area contributed by atoms with Crippen LogP contribution in [-0.4, -0.2) is 22.7 Å². The fourth-order valence-corrected chi connectivity index (χ4v) is 1.91. The minimum absolute atomic E-state index is 0.0950. The molecule has 2 N–H and O–H groups in total. The van der Waals surface area contributed by atoms with E-state index in [0.717, 1.165) is 5.69 Å². The number of benzene rings is 1. The molecule has 0 unspecified atom stereocenters. The number of amides is 1. The third-order valence-electron chi connectivity index (χ3n) is 3.31. The first kappa shape index (κ1) is 14.0. The van der Waals surface area contributed by atoms with Crippen LogP contribution in [-0.2, 0) is 11.3 Å². The Labute approximate surface area is 116 Å². The van der Waals surface area contributed by atoms with Crippen LogP contribution in [0.3, 0.4) is 0 Å². The SMILES string of the molecule is Cc1nn(CC(=O)N(C)c2ccc(F)cc2)c(C)c1N. The highest BCUT2D eigenvalue weighted by Crippen LogP contribution is 2.17. The second-order valence-corrected chi connectivity index (χ2v) is 4.67. The summed E-state index contributed by atoms with van der Waals surface area (Å²) in [4.78, 5) is 13.7. The van der Waals surface area contributed by atoms with Crippen molar-refractivity contribution in [3.63, 3.8) is 0 Å². The number of nitrogens with two attached hydrogens (primary N) is 1. The number of hydrogen-bond acceptors (Lipinski definition) is 3. The van der Waals surface area contributed by atoms with Gasteiger partial charge in [0.1, 0.15) is 12.4 Å². The van der Waals surface area contributed by atoms with Crippen molar-refractivity contribution in [1.29, 1.82) is 0 Å². The molecule has 0 spiro atoms. The van der Waals surface area contributed by atoms with Crippen molar-refractivity contribution in [1.82, 2.24) is 9.78 Å². The van der Waals surface area contributed by atoms with Crippen molar-refractivity contribution in [3.05, 3.63) is 41.5 Å². The van der Waals surface area contributed by atoms with Gasteiger partial charge in [0.25, 0.3) is 0 Å². The molecule has 20 heavy (non-hydrogen) atoms. The van der Waals surface area contributed by atoms with Gasteiger partial charge in [-0.1, -0.05) is 0 Å². The monoisotopic (exact) mass is 276 g/mol. The topological polar surface area (TPSA) is 64.2 Å². The van der Waals surface area contributed by atoms with Gasteiger partial charge in [-0.25, -0.2) is 4.39 Å². The lowest BCUT2D eigenvalue weighted by Gasteiger charge is -2.17. The standard InChI is InChI=1S/C14H17FN4O/c1-9-14(16)10(2)19(17-9)8-13(20)18(3)12-6-4-11(15)5-7-12/h4-7H,8,16H2,1-3H3. The molecule has 0 aliphatic heterocycles. The zero-order chi connectivity index (χ0) is 14.9. The van der Waals surface area contributed by atoms with Gasteiger partial charge in [0.05, 0.1) is 17.1 Å². The fourth-order valence-electron chi connectivity index (χ4n) is 1.91. The Hall–Kier alpha value is -2.37. The summed E-state index contributed by atoms with van der Waals surface area (Å²) in [6.07, 6.45) is 0. The predicted octanol–water partition coefficient (Wildman–Crippen LogP) is 1.88. The predicted molar refractivity (Wildman–Crippen MR) is 75.9 cm³/mol. The van der Waals surface area contributed by atoms with Crippen LogP contribution in [0.1, 0.15) is 11.4 Å². The number of nitrogens with zero attached hydrogens (tertiary/aromatic N) is 3. The highest BCUT2D eigenvalue weighted by Gasteiger charge is 2.15. The van der Waals surface area contributed by atoms with Crippen molar-refractivity contribution in [3.8, 4) is 0 Å². The summed E-state index contributed by atoms with van der Waals surface area (Å²) in [5, 5.41) is 4.22. The molecular formula is C14H17FN4O. The fraction of sp³-hybridized carbons (Fsp3) is 0.286. The highest BCUT2D eigenvalue weighted by atomic mass is 19.1. The van der Waals surface area contributed by atoms with E-state index >= 15 is 0 Å². The molecule has 106 valence electrons. The first-order valence-electron chi connectivity index (χ1n) is 6.21. The maximum Gasteiger partial charge on any atom is 0.248 e. The minimum atomic E-state index is -0.332. The molecule has 0 saturated heterocycles. The van der Waals surface area contributed by atoms with Crippen LogP contribution >= 0.6 is 0 Å². The summed E-state index contributed by atoms with van der Waals surface area (Å²) in [7, 11) is 1.64. The molecule has 0 bridgehead atoms. The zero-order valence-electron chi connectivity index (χ0n) is 11.7. The van der Waals surface area contributed by atoms with Gasteiger partial charge in [-0.2, -0.15) is 5.10 Å². The highest BCUT2D eigenvalue weighted by molar-refractivity contribution is 5.92. The molecule has 5 nitrogen and oxygen atoms in total. The second-order valence-electron chi connectivity index (χ2n) is 4.67. The van der Waals surface area contributed by atoms with Gasteiger partial charge in [0.15, 0.2) is 0 Å². The zero-order valence-corrected chi connectivity index (χ0v) is 11.7. The molecule has 1 aromatic carbocycles. The quantitative estimate of drug-likeness (QED) is 0.931. The molecule has 0 saturated carbocycles. The Morgan fingerprint density at radius 3 is 2.45 bits per heavy atom. The van der Waals surface area contributed by atoms with Crippen LogP contribution in [0.2, 0.25) is 0 Å². The Bertz CT molecular complexity index is 633. The summed E-state index contributed by atoms with van der Waals surface area (Å²) < 4.78 is 14.4. The Morgan fingerprint density at radius 1 is 1.35 bits per heavy atom. The van der Waals surface area contributed by atoms with Gasteiger partial charge >= 0.3 is 0 Å². The van der Waals surface area contributed by atoms with Crippen LogP contribution < -0.4 is 10.6 Å². The largest absolute Gasteiger partial charge is 0.396 e. The summed E-state index contributed by atoms with van der Waals surface area (Å²) in [5.74, 6) is -0.483. The number of carbonyl (C=O) groups is 1. The molecule has 0 atom stereocenters. The lowest BCUT2D eigenvalue weighted by molar-refractivity contribution is -0.119. The third kappa shape index (κ3) is 2.64. The average molecular weight is 276 g/mol.